The van der Waals surface area contributed by atoms with Crippen LogP contribution in [0.2, 0.25) is 0 Å². The Labute approximate surface area is 283 Å². The maximum Gasteiger partial charge on any atom is 0.508 e. The van der Waals surface area contributed by atoms with Crippen LogP contribution >= 0.6 is 0 Å². The number of nitrogens with one attached hydrogen (secondary N) is 2. The van der Waals surface area contributed by atoms with Gasteiger partial charge in [-0.25, -0.2) is 14.4 Å². The van der Waals surface area contributed by atoms with Crippen molar-refractivity contribution in [3.8, 4) is 0 Å². The number of hydrogen-bond acceptors (Lipinski definition) is 13. The van der Waals surface area contributed by atoms with Crippen LogP contribution in [0.15, 0.2) is 59.6 Å². The molecule has 17 heteroatoms. The number of benzene rings is 2. The molecule has 2 atom stereocenters. The van der Waals surface area contributed by atoms with Crippen molar-refractivity contribution in [1.29, 1.82) is 0 Å². The highest BCUT2D eigenvalue weighted by Gasteiger charge is 2.40. The Morgan fingerprint density at radius 2 is 1.31 bits per heavy atom. The van der Waals surface area contributed by atoms with Crippen LogP contribution < -0.4 is 22.1 Å². The number of ether oxygens (including phenoxy) is 6. The fourth-order valence-corrected chi connectivity index (χ4v) is 3.56. The summed E-state index contributed by atoms with van der Waals surface area (Å²) in [4.78, 5) is 66.0. The molecule has 0 radical (unpaired) electrons. The monoisotopic (exact) mass is 689 g/mol. The summed E-state index contributed by atoms with van der Waals surface area (Å²) in [6.45, 7) is 1.10. The summed E-state index contributed by atoms with van der Waals surface area (Å²) in [6.07, 6.45) is -2.40. The van der Waals surface area contributed by atoms with E-state index in [1.807, 2.05) is 19.1 Å². The predicted molar refractivity (Wildman–Crippen MR) is 174 cm³/mol. The van der Waals surface area contributed by atoms with Crippen molar-refractivity contribution in [2.45, 2.75) is 27.4 Å². The molecule has 0 aliphatic rings. The van der Waals surface area contributed by atoms with Gasteiger partial charge in [0.05, 0.1) is 19.7 Å². The summed E-state index contributed by atoms with van der Waals surface area (Å²) >= 11 is 0. The number of aliphatic imine (C=N–C) groups is 1. The normalized spacial score (nSPS) is 12.9. The van der Waals surface area contributed by atoms with E-state index in [1.165, 1.54) is 13.8 Å². The van der Waals surface area contributed by atoms with Gasteiger partial charge < -0.3 is 55.6 Å². The van der Waals surface area contributed by atoms with Gasteiger partial charge in [0.2, 0.25) is 0 Å². The summed E-state index contributed by atoms with van der Waals surface area (Å²) in [6, 6.07) is 15.4. The van der Waals surface area contributed by atoms with E-state index in [1.54, 1.807) is 42.5 Å². The zero-order valence-corrected chi connectivity index (χ0v) is 27.6. The van der Waals surface area contributed by atoms with E-state index < -0.39 is 67.5 Å². The van der Waals surface area contributed by atoms with Crippen LogP contribution in [-0.2, 0) is 44.6 Å². The molecule has 0 fully saturated rings. The molecule has 17 nitrogen and oxygen atoms in total. The number of carbonyl (C=O) groups excluding carboxylic acids is 5. The molecular weight excluding hydrogens is 646 g/mol. The molecule has 0 aliphatic carbocycles. The van der Waals surface area contributed by atoms with Crippen LogP contribution in [0.5, 0.6) is 0 Å². The number of carbonyl (C=O) groups is 5. The second kappa shape index (κ2) is 19.9. The Hall–Kier alpha value is -5.58. The molecule has 0 aromatic heterocycles. The lowest BCUT2D eigenvalue weighted by molar-refractivity contribution is -0.161. The van der Waals surface area contributed by atoms with Crippen molar-refractivity contribution in [2.24, 2.45) is 27.3 Å². The third kappa shape index (κ3) is 14.8. The molecule has 0 aliphatic heterocycles. The first-order valence-corrected chi connectivity index (χ1v) is 15.0. The Bertz CT molecular complexity index is 1420. The topological polar surface area (TPSA) is 249 Å². The first-order chi connectivity index (χ1) is 23.3. The molecule has 2 unspecified atom stereocenters. The van der Waals surface area contributed by atoms with Crippen LogP contribution in [0, 0.1) is 17.8 Å². The molecule has 7 N–H and O–H groups in total. The minimum atomic E-state index is -1.74. The predicted octanol–water partition coefficient (Wildman–Crippen LogP) is 1.99. The Balaban J connectivity index is 1.88. The molecular formula is C32H43N5O12. The van der Waals surface area contributed by atoms with Gasteiger partial charge >= 0.3 is 30.3 Å². The first kappa shape index (κ1) is 39.6. The number of nitrogens with two attached hydrogens (primary N) is 2. The van der Waals surface area contributed by atoms with Crippen molar-refractivity contribution in [3.63, 3.8) is 0 Å². The maximum absolute atomic E-state index is 12.9. The van der Waals surface area contributed by atoms with Crippen molar-refractivity contribution in [3.05, 3.63) is 65.7 Å². The van der Waals surface area contributed by atoms with E-state index in [2.05, 4.69) is 15.6 Å². The SMILES string of the molecule is Cc1ccc(COC(=O)OCC(C)(COC(=O)OCC(C)(CO)C(=O)OCCNC(=O)Nc2ccccc2)C(=O)OCCN=C(N)N)cc1. The van der Waals surface area contributed by atoms with Crippen molar-refractivity contribution < 1.29 is 57.5 Å². The average Bonchev–Trinajstić information content (AvgIpc) is 3.08. The summed E-state index contributed by atoms with van der Waals surface area (Å²) in [7, 11) is 0. The smallest absolute Gasteiger partial charge is 0.463 e. The Morgan fingerprint density at radius 1 is 0.755 bits per heavy atom. The van der Waals surface area contributed by atoms with E-state index >= 15 is 0 Å². The fraction of sp³-hybridized carbons (Fsp3) is 0.438. The van der Waals surface area contributed by atoms with Crippen LogP contribution in [-0.4, -0.2) is 94.1 Å². The highest BCUT2D eigenvalue weighted by atomic mass is 16.7. The van der Waals surface area contributed by atoms with Crippen molar-refractivity contribution in [1.82, 2.24) is 5.32 Å². The summed E-state index contributed by atoms with van der Waals surface area (Å²) in [5.41, 5.74) is 9.41. The fourth-order valence-electron chi connectivity index (χ4n) is 3.56. The second-order valence-corrected chi connectivity index (χ2v) is 11.2. The van der Waals surface area contributed by atoms with Crippen molar-refractivity contribution >= 4 is 41.9 Å². The van der Waals surface area contributed by atoms with Crippen LogP contribution in [0.25, 0.3) is 0 Å². The minimum Gasteiger partial charge on any atom is -0.463 e. The number of aryl methyl sites for hydroxylation is 1. The summed E-state index contributed by atoms with van der Waals surface area (Å²) in [5, 5.41) is 14.9. The number of esters is 2. The third-order valence-electron chi connectivity index (χ3n) is 6.61. The average molecular weight is 690 g/mol. The number of anilines is 1. The van der Waals surface area contributed by atoms with E-state index in [0.29, 0.717) is 11.3 Å². The second-order valence-electron chi connectivity index (χ2n) is 11.2. The van der Waals surface area contributed by atoms with Gasteiger partial charge in [-0.1, -0.05) is 48.0 Å². The van der Waals surface area contributed by atoms with E-state index in [4.69, 9.17) is 39.9 Å². The molecule has 2 amide bonds. The van der Waals surface area contributed by atoms with Gasteiger partial charge in [0.25, 0.3) is 0 Å². The van der Waals surface area contributed by atoms with Gasteiger partial charge in [0.1, 0.15) is 50.5 Å². The van der Waals surface area contributed by atoms with Gasteiger partial charge in [-0.15, -0.1) is 0 Å². The number of guanidine groups is 1. The number of aliphatic hydroxyl groups is 1. The standard InChI is InChI=1S/C32H43N5O12/c1-22-9-11-23(12-10-22)17-46-29(42)48-20-32(3,26(40)45-15-13-35-27(33)34)21-49-30(43)47-19-31(2,18-38)25(39)44-16-14-36-28(41)37-24-7-5-4-6-8-24/h4-12,38H,13-21H2,1-3H3,(H4,33,34,35)(H2,36,37,41). The molecule has 0 heterocycles. The number of amides is 2. The lowest BCUT2D eigenvalue weighted by Gasteiger charge is -2.27. The van der Waals surface area contributed by atoms with E-state index in [0.717, 1.165) is 5.56 Å². The van der Waals surface area contributed by atoms with E-state index in [9.17, 15) is 29.1 Å². The van der Waals surface area contributed by atoms with Crippen LogP contribution in [0.4, 0.5) is 20.1 Å². The molecule has 0 saturated carbocycles. The molecule has 0 bridgehead atoms. The van der Waals surface area contributed by atoms with E-state index in [-0.39, 0.29) is 38.9 Å². The van der Waals surface area contributed by atoms with Crippen molar-refractivity contribution in [2.75, 3.05) is 58.0 Å². The Kier molecular flexibility index (Phi) is 16.1. The molecule has 0 saturated heterocycles. The maximum atomic E-state index is 12.9. The number of para-hydroxylation sites is 1. The van der Waals surface area contributed by atoms with Gasteiger partial charge in [0.15, 0.2) is 5.96 Å². The zero-order chi connectivity index (χ0) is 36.3. The number of nitrogens with zero attached hydrogens (tertiary/aromatic N) is 1. The highest BCUT2D eigenvalue weighted by molar-refractivity contribution is 5.89. The molecule has 2 aromatic rings. The molecule has 0 spiro atoms. The molecule has 49 heavy (non-hydrogen) atoms. The molecule has 2 rings (SSSR count). The highest BCUT2D eigenvalue weighted by Crippen LogP contribution is 2.23. The van der Waals surface area contributed by atoms with Gasteiger partial charge in [-0.05, 0) is 38.5 Å². The van der Waals surface area contributed by atoms with Crippen LogP contribution in [0.3, 0.4) is 0 Å². The van der Waals surface area contributed by atoms with Gasteiger partial charge in [-0.2, -0.15) is 0 Å². The lowest BCUT2D eigenvalue weighted by Crippen LogP contribution is -2.42. The summed E-state index contributed by atoms with van der Waals surface area (Å²) < 4.78 is 30.6. The van der Waals surface area contributed by atoms with Gasteiger partial charge in [-0.3, -0.25) is 14.6 Å². The number of urea groups is 1. The first-order valence-electron chi connectivity index (χ1n) is 15.0. The number of aliphatic hydroxyl groups excluding tert-OH is 1. The Morgan fingerprint density at radius 3 is 1.90 bits per heavy atom. The van der Waals surface area contributed by atoms with Crippen LogP contribution in [0.1, 0.15) is 25.0 Å². The number of hydrogen-bond donors (Lipinski definition) is 5. The molecule has 2 aromatic carbocycles. The number of rotatable bonds is 18. The third-order valence-corrected chi connectivity index (χ3v) is 6.61. The lowest BCUT2D eigenvalue weighted by atomic mass is 9.93. The molecule has 268 valence electrons. The summed E-state index contributed by atoms with van der Waals surface area (Å²) in [5.74, 6) is -2.06. The quantitative estimate of drug-likeness (QED) is 0.0494. The van der Waals surface area contributed by atoms with Gasteiger partial charge in [0, 0.05) is 5.69 Å². The minimum absolute atomic E-state index is 0.0446. The zero-order valence-electron chi connectivity index (χ0n) is 27.6. The largest absolute Gasteiger partial charge is 0.508 e.